The third-order valence-electron chi connectivity index (χ3n) is 3.15. The van der Waals surface area contributed by atoms with Crippen LogP contribution in [0.4, 0.5) is 4.39 Å². The van der Waals surface area contributed by atoms with Crippen LogP contribution >= 0.6 is 22.6 Å². The van der Waals surface area contributed by atoms with Gasteiger partial charge in [-0.05, 0) is 6.92 Å². The summed E-state index contributed by atoms with van der Waals surface area (Å²) in [6, 6.07) is 1.04. The topological polar surface area (TPSA) is 105 Å². The second-order valence-corrected chi connectivity index (χ2v) is 5.21. The second-order valence-electron chi connectivity index (χ2n) is 4.45. The summed E-state index contributed by atoms with van der Waals surface area (Å²) in [6.45, 7) is 1.26. The number of aliphatic hydroxyl groups excluding tert-OH is 2. The van der Waals surface area contributed by atoms with E-state index in [1.807, 2.05) is 4.98 Å². The molecule has 1 fully saturated rings. The summed E-state index contributed by atoms with van der Waals surface area (Å²) in [5, 5.41) is 19.7. The maximum atomic E-state index is 14.3. The Kier molecular flexibility index (Phi) is 3.58. The molecule has 0 saturated carbocycles. The zero-order valence-electron chi connectivity index (χ0n) is 9.84. The number of aromatic amines is 1. The van der Waals surface area contributed by atoms with Gasteiger partial charge in [-0.3, -0.25) is 14.3 Å². The van der Waals surface area contributed by atoms with E-state index in [4.69, 9.17) is 4.74 Å². The monoisotopic (exact) mass is 386 g/mol. The Bertz CT molecular complexity index is 604. The predicted octanol–water partition coefficient (Wildman–Crippen LogP) is -0.938. The van der Waals surface area contributed by atoms with Gasteiger partial charge in [-0.1, -0.05) is 22.6 Å². The van der Waals surface area contributed by atoms with Crippen LogP contribution in [-0.2, 0) is 10.5 Å². The zero-order valence-corrected chi connectivity index (χ0v) is 12.0. The number of halogens is 2. The number of alkyl halides is 2. The van der Waals surface area contributed by atoms with Crippen molar-refractivity contribution < 1.29 is 19.3 Å². The molecular weight excluding hydrogens is 374 g/mol. The predicted molar refractivity (Wildman–Crippen MR) is 70.8 cm³/mol. The molecule has 0 spiro atoms. The van der Waals surface area contributed by atoms with E-state index in [1.54, 1.807) is 22.6 Å². The molecule has 106 valence electrons. The lowest BCUT2D eigenvalue weighted by atomic mass is 10.0. The number of aromatic nitrogens is 2. The van der Waals surface area contributed by atoms with Crippen LogP contribution in [0.2, 0.25) is 0 Å². The maximum Gasteiger partial charge on any atom is 0.330 e. The van der Waals surface area contributed by atoms with E-state index in [0.29, 0.717) is 0 Å². The first kappa shape index (κ1) is 14.6. The molecule has 9 heteroatoms. The lowest BCUT2D eigenvalue weighted by Gasteiger charge is -2.29. The molecule has 0 unspecified atom stereocenters. The van der Waals surface area contributed by atoms with Crippen molar-refractivity contribution in [2.75, 3.05) is 4.43 Å². The molecule has 2 rings (SSSR count). The summed E-state index contributed by atoms with van der Waals surface area (Å²) in [6.07, 6.45) is -2.38. The molecule has 4 atom stereocenters. The van der Waals surface area contributed by atoms with E-state index in [1.165, 1.54) is 6.92 Å². The van der Waals surface area contributed by atoms with Gasteiger partial charge in [0, 0.05) is 12.3 Å². The van der Waals surface area contributed by atoms with Crippen LogP contribution in [0.5, 0.6) is 0 Å². The number of hydrogen-bond acceptors (Lipinski definition) is 5. The van der Waals surface area contributed by atoms with Crippen molar-refractivity contribution in [1.82, 2.24) is 9.55 Å². The molecule has 1 aliphatic rings. The van der Waals surface area contributed by atoms with Gasteiger partial charge in [0.15, 0.2) is 5.72 Å². The van der Waals surface area contributed by atoms with Gasteiger partial charge in [-0.2, -0.15) is 0 Å². The van der Waals surface area contributed by atoms with Gasteiger partial charge >= 0.3 is 5.69 Å². The van der Waals surface area contributed by atoms with Crippen LogP contribution in [-0.4, -0.2) is 42.3 Å². The summed E-state index contributed by atoms with van der Waals surface area (Å²) in [5.41, 5.74) is -3.29. The first-order valence-corrected chi connectivity index (χ1v) is 6.91. The number of rotatable bonds is 2. The highest BCUT2D eigenvalue weighted by molar-refractivity contribution is 14.1. The van der Waals surface area contributed by atoms with Gasteiger partial charge < -0.3 is 14.9 Å². The normalized spacial score (nSPS) is 38.6. The Hall–Kier alpha value is -0.780. The van der Waals surface area contributed by atoms with Crippen molar-refractivity contribution in [3.05, 3.63) is 33.1 Å². The highest BCUT2D eigenvalue weighted by atomic mass is 127. The minimum Gasteiger partial charge on any atom is -0.385 e. The molecule has 0 amide bonds. The van der Waals surface area contributed by atoms with E-state index in [-0.39, 0.29) is 4.43 Å². The quantitative estimate of drug-likeness (QED) is 0.450. The molecule has 1 aliphatic heterocycles. The van der Waals surface area contributed by atoms with E-state index < -0.39 is 35.0 Å². The van der Waals surface area contributed by atoms with Crippen LogP contribution < -0.4 is 11.2 Å². The number of aliphatic hydroxyl groups is 2. The Morgan fingerprint density at radius 1 is 1.53 bits per heavy atom. The zero-order chi connectivity index (χ0) is 14.4. The standard InChI is InChI=1S/C10H12FIN2O5/c1-9(14-3-2-5(15)13-8(14)18)6(16)7(17)10(11,4-12)19-9/h2-3,6-7,16-17H,4H2,1H3,(H,13,15,18)/t6-,7+,9-,10-/m1/s1. The smallest absolute Gasteiger partial charge is 0.330 e. The van der Waals surface area contributed by atoms with Crippen molar-refractivity contribution in [1.29, 1.82) is 0 Å². The van der Waals surface area contributed by atoms with Crippen LogP contribution in [0.25, 0.3) is 0 Å². The van der Waals surface area contributed by atoms with Crippen LogP contribution in [0, 0.1) is 0 Å². The first-order valence-electron chi connectivity index (χ1n) is 5.38. The molecule has 1 saturated heterocycles. The molecular formula is C10H12FIN2O5. The van der Waals surface area contributed by atoms with Crippen LogP contribution in [0.15, 0.2) is 21.9 Å². The van der Waals surface area contributed by atoms with E-state index in [9.17, 15) is 24.2 Å². The van der Waals surface area contributed by atoms with Crippen molar-refractivity contribution >= 4 is 22.6 Å². The molecule has 0 radical (unpaired) electrons. The fourth-order valence-electron chi connectivity index (χ4n) is 2.06. The Labute approximate surface area is 120 Å². The fourth-order valence-corrected chi connectivity index (χ4v) is 2.66. The Morgan fingerprint density at radius 3 is 2.63 bits per heavy atom. The lowest BCUT2D eigenvalue weighted by Crippen LogP contribution is -2.49. The van der Waals surface area contributed by atoms with E-state index >= 15 is 0 Å². The Morgan fingerprint density at radius 2 is 2.16 bits per heavy atom. The number of nitrogens with one attached hydrogen (secondary N) is 1. The summed E-state index contributed by atoms with van der Waals surface area (Å²) < 4.78 is 20.0. The maximum absolute atomic E-state index is 14.3. The van der Waals surface area contributed by atoms with Gasteiger partial charge in [0.25, 0.3) is 5.56 Å². The van der Waals surface area contributed by atoms with Crippen LogP contribution in [0.1, 0.15) is 6.92 Å². The number of H-pyrrole nitrogens is 1. The SMILES string of the molecule is C[C@@]1(n2ccc(=O)[nH]c2=O)O[C@](F)(CI)[C@@H](O)[C@H]1O. The van der Waals surface area contributed by atoms with Gasteiger partial charge in [0.05, 0.1) is 4.43 Å². The number of nitrogens with zero attached hydrogens (tertiary/aromatic N) is 1. The van der Waals surface area contributed by atoms with Gasteiger partial charge in [-0.15, -0.1) is 0 Å². The molecule has 0 aliphatic carbocycles. The molecule has 1 aromatic rings. The highest BCUT2D eigenvalue weighted by Gasteiger charge is 2.61. The van der Waals surface area contributed by atoms with Crippen molar-refractivity contribution in [2.24, 2.45) is 0 Å². The Balaban J connectivity index is 2.55. The van der Waals surface area contributed by atoms with Crippen molar-refractivity contribution in [2.45, 2.75) is 30.7 Å². The minimum absolute atomic E-state index is 0.226. The third kappa shape index (κ3) is 2.14. The van der Waals surface area contributed by atoms with E-state index in [0.717, 1.165) is 16.8 Å². The number of hydrogen-bond donors (Lipinski definition) is 3. The average molecular weight is 386 g/mol. The average Bonchev–Trinajstić information content (AvgIpc) is 2.52. The summed E-state index contributed by atoms with van der Waals surface area (Å²) in [4.78, 5) is 24.7. The summed E-state index contributed by atoms with van der Waals surface area (Å²) in [7, 11) is 0. The van der Waals surface area contributed by atoms with E-state index in [2.05, 4.69) is 0 Å². The van der Waals surface area contributed by atoms with Gasteiger partial charge in [0.1, 0.15) is 12.2 Å². The molecule has 3 N–H and O–H groups in total. The number of ether oxygens (including phenoxy) is 1. The first-order chi connectivity index (χ1) is 8.74. The molecule has 2 heterocycles. The summed E-state index contributed by atoms with van der Waals surface area (Å²) >= 11 is 1.67. The minimum atomic E-state index is -2.47. The molecule has 0 bridgehead atoms. The van der Waals surface area contributed by atoms with Crippen molar-refractivity contribution in [3.8, 4) is 0 Å². The van der Waals surface area contributed by atoms with Crippen molar-refractivity contribution in [3.63, 3.8) is 0 Å². The van der Waals surface area contributed by atoms with Gasteiger partial charge in [0.2, 0.25) is 5.85 Å². The molecule has 19 heavy (non-hydrogen) atoms. The van der Waals surface area contributed by atoms with Gasteiger partial charge in [-0.25, -0.2) is 9.18 Å². The molecule has 7 nitrogen and oxygen atoms in total. The molecule has 0 aromatic carbocycles. The largest absolute Gasteiger partial charge is 0.385 e. The summed E-state index contributed by atoms with van der Waals surface area (Å²) in [5.74, 6) is -2.47. The molecule has 1 aromatic heterocycles. The fraction of sp³-hybridized carbons (Fsp3) is 0.600. The van der Waals surface area contributed by atoms with Crippen LogP contribution in [0.3, 0.4) is 0 Å². The highest BCUT2D eigenvalue weighted by Crippen LogP contribution is 2.42. The third-order valence-corrected chi connectivity index (χ3v) is 4.19. The second kappa shape index (κ2) is 4.65. The lowest BCUT2D eigenvalue weighted by molar-refractivity contribution is -0.211.